The number of benzene rings is 2. The summed E-state index contributed by atoms with van der Waals surface area (Å²) >= 11 is 0. The van der Waals surface area contributed by atoms with Gasteiger partial charge in [-0.25, -0.2) is 12.8 Å². The molecule has 0 amide bonds. The Balaban J connectivity index is 1.33. The summed E-state index contributed by atoms with van der Waals surface area (Å²) in [4.78, 5) is 2.54. The Kier molecular flexibility index (Phi) is 5.90. The van der Waals surface area contributed by atoms with Crippen molar-refractivity contribution in [2.45, 2.75) is 29.9 Å². The SMILES string of the molecule is O=S(=O)(CCN1C[C@H]2C[C@@H](Oc3ccc(F)cc3)[C@H](O)C[C@H]2C1)c1ccccc1. The van der Waals surface area contributed by atoms with Crippen LogP contribution in [0.3, 0.4) is 0 Å². The van der Waals surface area contributed by atoms with Gasteiger partial charge in [-0.05, 0) is 61.1 Å². The predicted octanol–water partition coefficient (Wildman–Crippen LogP) is 2.75. The van der Waals surface area contributed by atoms with Gasteiger partial charge in [0.1, 0.15) is 17.7 Å². The molecule has 2 aromatic rings. The van der Waals surface area contributed by atoms with Gasteiger partial charge in [-0.2, -0.15) is 0 Å². The molecule has 2 aliphatic rings. The van der Waals surface area contributed by atoms with Gasteiger partial charge >= 0.3 is 0 Å². The molecule has 1 aliphatic heterocycles. The fraction of sp³-hybridized carbons (Fsp3) is 0.455. The number of hydrogen-bond donors (Lipinski definition) is 1. The molecule has 29 heavy (non-hydrogen) atoms. The second-order valence-electron chi connectivity index (χ2n) is 8.06. The number of sulfone groups is 1. The number of hydrogen-bond acceptors (Lipinski definition) is 5. The third-order valence-electron chi connectivity index (χ3n) is 6.04. The second kappa shape index (κ2) is 8.42. The van der Waals surface area contributed by atoms with E-state index >= 15 is 0 Å². The van der Waals surface area contributed by atoms with Crippen LogP contribution in [-0.4, -0.2) is 56.0 Å². The standard InChI is InChI=1S/C22H26FNO4S/c23-18-6-8-19(9-7-18)28-22-13-17-15-24(14-16(17)12-21(22)25)10-11-29(26,27)20-4-2-1-3-5-20/h1-9,16-17,21-22,25H,10-15H2/t16-,17+,21+,22+/m0/s1. The first-order valence-electron chi connectivity index (χ1n) is 10.0. The molecule has 2 fully saturated rings. The van der Waals surface area contributed by atoms with E-state index < -0.39 is 15.9 Å². The molecular weight excluding hydrogens is 393 g/mol. The van der Waals surface area contributed by atoms with Gasteiger partial charge in [-0.15, -0.1) is 0 Å². The van der Waals surface area contributed by atoms with E-state index in [1.807, 2.05) is 0 Å². The molecule has 0 bridgehead atoms. The van der Waals surface area contributed by atoms with E-state index in [1.165, 1.54) is 12.1 Å². The molecule has 5 nitrogen and oxygen atoms in total. The van der Waals surface area contributed by atoms with Crippen molar-refractivity contribution in [2.24, 2.45) is 11.8 Å². The average Bonchev–Trinajstić information content (AvgIpc) is 3.11. The molecule has 4 atom stereocenters. The summed E-state index contributed by atoms with van der Waals surface area (Å²) < 4.78 is 44.0. The molecule has 156 valence electrons. The van der Waals surface area contributed by atoms with Gasteiger partial charge in [0.2, 0.25) is 0 Å². The summed E-state index contributed by atoms with van der Waals surface area (Å²) in [5.41, 5.74) is 0. The molecule has 1 saturated heterocycles. The van der Waals surface area contributed by atoms with Crippen LogP contribution in [0.25, 0.3) is 0 Å². The summed E-state index contributed by atoms with van der Waals surface area (Å²) in [6.45, 7) is 2.10. The molecule has 4 rings (SSSR count). The predicted molar refractivity (Wildman–Crippen MR) is 108 cm³/mol. The van der Waals surface area contributed by atoms with E-state index in [1.54, 1.807) is 42.5 Å². The van der Waals surface area contributed by atoms with Gasteiger partial charge in [0.05, 0.1) is 16.8 Å². The fourth-order valence-corrected chi connectivity index (χ4v) is 5.79. The zero-order chi connectivity index (χ0) is 20.4. The van der Waals surface area contributed by atoms with Crippen molar-refractivity contribution in [3.05, 3.63) is 60.4 Å². The largest absolute Gasteiger partial charge is 0.488 e. The van der Waals surface area contributed by atoms with Crippen LogP contribution in [-0.2, 0) is 9.84 Å². The van der Waals surface area contributed by atoms with Crippen molar-refractivity contribution < 1.29 is 22.7 Å². The lowest BCUT2D eigenvalue weighted by molar-refractivity contribution is -0.0231. The number of ether oxygens (including phenoxy) is 1. The van der Waals surface area contributed by atoms with Crippen molar-refractivity contribution in [3.63, 3.8) is 0 Å². The lowest BCUT2D eigenvalue weighted by Gasteiger charge is -2.35. The van der Waals surface area contributed by atoms with E-state index in [0.29, 0.717) is 41.9 Å². The Morgan fingerprint density at radius 1 is 1.00 bits per heavy atom. The molecule has 1 heterocycles. The molecular formula is C22H26FNO4S. The number of aliphatic hydroxyl groups excluding tert-OH is 1. The highest BCUT2D eigenvalue weighted by Gasteiger charge is 2.42. The number of fused-ring (bicyclic) bond motifs is 1. The minimum atomic E-state index is -3.29. The first-order chi connectivity index (χ1) is 13.9. The van der Waals surface area contributed by atoms with Crippen LogP contribution < -0.4 is 4.74 Å². The van der Waals surface area contributed by atoms with Crippen molar-refractivity contribution in [1.29, 1.82) is 0 Å². The normalized spacial score (nSPS) is 27.5. The highest BCUT2D eigenvalue weighted by Crippen LogP contribution is 2.38. The quantitative estimate of drug-likeness (QED) is 0.780. The number of nitrogens with zero attached hydrogens (tertiary/aromatic N) is 1. The van der Waals surface area contributed by atoms with E-state index in [9.17, 15) is 17.9 Å². The van der Waals surface area contributed by atoms with Gasteiger partial charge in [0.15, 0.2) is 9.84 Å². The third kappa shape index (κ3) is 4.79. The smallest absolute Gasteiger partial charge is 0.179 e. The highest BCUT2D eigenvalue weighted by atomic mass is 32.2. The van der Waals surface area contributed by atoms with Gasteiger partial charge in [0, 0.05) is 19.6 Å². The van der Waals surface area contributed by atoms with Crippen LogP contribution in [0.5, 0.6) is 5.75 Å². The van der Waals surface area contributed by atoms with Crippen LogP contribution in [0, 0.1) is 17.7 Å². The van der Waals surface area contributed by atoms with Crippen molar-refractivity contribution in [2.75, 3.05) is 25.4 Å². The Bertz CT molecular complexity index is 920. The summed E-state index contributed by atoms with van der Waals surface area (Å²) in [5, 5.41) is 10.5. The van der Waals surface area contributed by atoms with E-state index in [4.69, 9.17) is 4.74 Å². The summed E-state index contributed by atoms with van der Waals surface area (Å²) in [5.74, 6) is 1.03. The number of halogens is 1. The molecule has 1 saturated carbocycles. The molecule has 1 aliphatic carbocycles. The molecule has 0 unspecified atom stereocenters. The Hall–Kier alpha value is -1.96. The molecule has 2 aromatic carbocycles. The van der Waals surface area contributed by atoms with E-state index in [2.05, 4.69) is 4.90 Å². The maximum Gasteiger partial charge on any atom is 0.179 e. The first-order valence-corrected chi connectivity index (χ1v) is 11.7. The minimum Gasteiger partial charge on any atom is -0.488 e. The molecule has 7 heteroatoms. The van der Waals surface area contributed by atoms with Crippen molar-refractivity contribution in [1.82, 2.24) is 4.90 Å². The molecule has 0 radical (unpaired) electrons. The fourth-order valence-electron chi connectivity index (χ4n) is 4.48. The molecule has 0 aromatic heterocycles. The Labute approximate surface area is 171 Å². The summed E-state index contributed by atoms with van der Waals surface area (Å²) in [7, 11) is -3.29. The lowest BCUT2D eigenvalue weighted by atomic mass is 9.78. The zero-order valence-electron chi connectivity index (χ0n) is 16.2. The van der Waals surface area contributed by atoms with Crippen LogP contribution >= 0.6 is 0 Å². The van der Waals surface area contributed by atoms with Crippen molar-refractivity contribution in [3.8, 4) is 5.75 Å². The Morgan fingerprint density at radius 3 is 2.34 bits per heavy atom. The third-order valence-corrected chi connectivity index (χ3v) is 7.75. The van der Waals surface area contributed by atoms with Gasteiger partial charge in [0.25, 0.3) is 0 Å². The number of likely N-dealkylation sites (tertiary alicyclic amines) is 1. The summed E-state index contributed by atoms with van der Waals surface area (Å²) in [6, 6.07) is 14.4. The number of aliphatic hydroxyl groups is 1. The monoisotopic (exact) mass is 419 g/mol. The first kappa shape index (κ1) is 20.3. The molecule has 0 spiro atoms. The second-order valence-corrected chi connectivity index (χ2v) is 10.2. The highest BCUT2D eigenvalue weighted by molar-refractivity contribution is 7.91. The van der Waals surface area contributed by atoms with Crippen LogP contribution in [0.2, 0.25) is 0 Å². The Morgan fingerprint density at radius 2 is 1.66 bits per heavy atom. The van der Waals surface area contributed by atoms with Crippen LogP contribution in [0.15, 0.2) is 59.5 Å². The van der Waals surface area contributed by atoms with Crippen LogP contribution in [0.4, 0.5) is 4.39 Å². The molecule has 1 N–H and O–H groups in total. The van der Waals surface area contributed by atoms with E-state index in [0.717, 1.165) is 13.1 Å². The zero-order valence-corrected chi connectivity index (χ0v) is 17.0. The van der Waals surface area contributed by atoms with Gasteiger partial charge < -0.3 is 14.7 Å². The average molecular weight is 420 g/mol. The van der Waals surface area contributed by atoms with Gasteiger partial charge in [-0.3, -0.25) is 0 Å². The minimum absolute atomic E-state index is 0.0918. The maximum absolute atomic E-state index is 13.1. The number of rotatable bonds is 6. The maximum atomic E-state index is 13.1. The topological polar surface area (TPSA) is 66.8 Å². The lowest BCUT2D eigenvalue weighted by Crippen LogP contribution is -2.42. The van der Waals surface area contributed by atoms with Crippen molar-refractivity contribution >= 4 is 9.84 Å². The summed E-state index contributed by atoms with van der Waals surface area (Å²) in [6.07, 6.45) is 0.452. The van der Waals surface area contributed by atoms with Crippen LogP contribution in [0.1, 0.15) is 12.8 Å². The van der Waals surface area contributed by atoms with Gasteiger partial charge in [-0.1, -0.05) is 18.2 Å². The van der Waals surface area contributed by atoms with E-state index in [-0.39, 0.29) is 17.7 Å².